The smallest absolute Gasteiger partial charge is 0.236 e. The summed E-state index contributed by atoms with van der Waals surface area (Å²) >= 11 is 0. The van der Waals surface area contributed by atoms with E-state index in [2.05, 4.69) is 36.4 Å². The SMILES string of the molecule is CN=C(NCCS(=O)(=O)N1CCc2ccccc21)NCC1CCCOC1C(C)(C)C.I. The van der Waals surface area contributed by atoms with Crippen LogP contribution in [0.3, 0.4) is 0 Å². The van der Waals surface area contributed by atoms with Crippen molar-refractivity contribution < 1.29 is 13.2 Å². The standard InChI is InChI=1S/C22H36N4O3S.HI/c1-22(2,3)20-18(9-7-14-29-20)16-25-21(23-4)24-12-15-30(27,28)26-13-11-17-8-5-6-10-19(17)26;/h5-6,8,10,18,20H,7,9,11-16H2,1-4H3,(H2,23,24,25);1H. The van der Waals surface area contributed by atoms with Crippen molar-refractivity contribution in [2.75, 3.05) is 43.3 Å². The number of hydrogen-bond donors (Lipinski definition) is 2. The van der Waals surface area contributed by atoms with Gasteiger partial charge in [-0.15, -0.1) is 24.0 Å². The molecule has 2 atom stereocenters. The van der Waals surface area contributed by atoms with Crippen molar-refractivity contribution >= 4 is 45.6 Å². The maximum atomic E-state index is 12.8. The fourth-order valence-electron chi connectivity index (χ4n) is 4.46. The van der Waals surface area contributed by atoms with Gasteiger partial charge in [0.2, 0.25) is 10.0 Å². The van der Waals surface area contributed by atoms with E-state index in [0.717, 1.165) is 43.7 Å². The summed E-state index contributed by atoms with van der Waals surface area (Å²) in [6.07, 6.45) is 3.16. The molecule has 0 bridgehead atoms. The van der Waals surface area contributed by atoms with Gasteiger partial charge in [-0.2, -0.15) is 0 Å². The van der Waals surface area contributed by atoms with Gasteiger partial charge in [0.25, 0.3) is 0 Å². The van der Waals surface area contributed by atoms with Crippen LogP contribution in [-0.2, 0) is 21.2 Å². The van der Waals surface area contributed by atoms with Crippen molar-refractivity contribution in [3.05, 3.63) is 29.8 Å². The molecule has 3 rings (SSSR count). The highest BCUT2D eigenvalue weighted by Crippen LogP contribution is 2.33. The van der Waals surface area contributed by atoms with Crippen molar-refractivity contribution in [1.82, 2.24) is 10.6 Å². The third-order valence-electron chi connectivity index (χ3n) is 5.89. The van der Waals surface area contributed by atoms with E-state index in [1.807, 2.05) is 24.3 Å². The Morgan fingerprint density at radius 2 is 2.00 bits per heavy atom. The van der Waals surface area contributed by atoms with Crippen LogP contribution in [0.25, 0.3) is 0 Å². The second-order valence-electron chi connectivity index (χ2n) is 9.21. The Morgan fingerprint density at radius 1 is 1.26 bits per heavy atom. The fourth-order valence-corrected chi connectivity index (χ4v) is 5.89. The number of ether oxygens (including phenoxy) is 1. The molecule has 0 saturated carbocycles. The highest BCUT2D eigenvalue weighted by Gasteiger charge is 2.35. The molecule has 0 aromatic heterocycles. The average Bonchev–Trinajstić information content (AvgIpc) is 3.15. The third-order valence-corrected chi connectivity index (χ3v) is 7.66. The molecule has 0 spiro atoms. The van der Waals surface area contributed by atoms with Crippen LogP contribution in [-0.4, -0.2) is 59.5 Å². The Morgan fingerprint density at radius 3 is 2.71 bits per heavy atom. The molecule has 0 amide bonds. The Labute approximate surface area is 204 Å². The molecule has 0 radical (unpaired) electrons. The number of nitrogens with zero attached hydrogens (tertiary/aromatic N) is 2. The highest BCUT2D eigenvalue weighted by atomic mass is 127. The largest absolute Gasteiger partial charge is 0.377 e. The molecule has 7 nitrogen and oxygen atoms in total. The van der Waals surface area contributed by atoms with E-state index < -0.39 is 10.0 Å². The zero-order valence-corrected chi connectivity index (χ0v) is 22.2. The Hall–Kier alpha value is -1.07. The van der Waals surface area contributed by atoms with Gasteiger partial charge in [-0.25, -0.2) is 8.42 Å². The first-order chi connectivity index (χ1) is 14.2. The van der Waals surface area contributed by atoms with Crippen LogP contribution in [0.4, 0.5) is 5.69 Å². The first-order valence-corrected chi connectivity index (χ1v) is 12.5. The van der Waals surface area contributed by atoms with E-state index in [9.17, 15) is 8.42 Å². The molecule has 0 aliphatic carbocycles. The minimum Gasteiger partial charge on any atom is -0.377 e. The van der Waals surface area contributed by atoms with Crippen LogP contribution in [0.2, 0.25) is 0 Å². The van der Waals surface area contributed by atoms with E-state index in [1.54, 1.807) is 7.05 Å². The number of benzene rings is 1. The van der Waals surface area contributed by atoms with E-state index in [0.29, 0.717) is 25.0 Å². The lowest BCUT2D eigenvalue weighted by molar-refractivity contribution is -0.0835. The highest BCUT2D eigenvalue weighted by molar-refractivity contribution is 14.0. The number of anilines is 1. The summed E-state index contributed by atoms with van der Waals surface area (Å²) in [7, 11) is -1.67. The van der Waals surface area contributed by atoms with Crippen LogP contribution >= 0.6 is 24.0 Å². The lowest BCUT2D eigenvalue weighted by Crippen LogP contribution is -2.48. The molecule has 1 saturated heterocycles. The van der Waals surface area contributed by atoms with Gasteiger partial charge < -0.3 is 15.4 Å². The molecule has 9 heteroatoms. The van der Waals surface area contributed by atoms with Gasteiger partial charge in [-0.05, 0) is 36.3 Å². The maximum Gasteiger partial charge on any atom is 0.236 e. The van der Waals surface area contributed by atoms with E-state index in [-0.39, 0.29) is 41.2 Å². The van der Waals surface area contributed by atoms with Gasteiger partial charge >= 0.3 is 0 Å². The Bertz CT molecular complexity index is 855. The summed E-state index contributed by atoms with van der Waals surface area (Å²) in [5.74, 6) is 1.06. The van der Waals surface area contributed by atoms with Gasteiger partial charge in [0.15, 0.2) is 5.96 Å². The predicted molar refractivity (Wildman–Crippen MR) is 138 cm³/mol. The molecule has 31 heavy (non-hydrogen) atoms. The molecule has 1 aromatic rings. The summed E-state index contributed by atoms with van der Waals surface area (Å²) < 4.78 is 33.2. The quantitative estimate of drug-likeness (QED) is 0.316. The van der Waals surface area contributed by atoms with E-state index in [1.165, 1.54) is 4.31 Å². The van der Waals surface area contributed by atoms with Crippen molar-refractivity contribution in [3.8, 4) is 0 Å². The first-order valence-electron chi connectivity index (χ1n) is 10.9. The number of para-hydroxylation sites is 1. The normalized spacial score (nSPS) is 21.9. The minimum absolute atomic E-state index is 0. The Kier molecular flexibility index (Phi) is 9.44. The second-order valence-corrected chi connectivity index (χ2v) is 11.2. The number of aliphatic imine (C=N–C) groups is 1. The molecule has 2 aliphatic heterocycles. The summed E-state index contributed by atoms with van der Waals surface area (Å²) in [4.78, 5) is 4.26. The first kappa shape index (κ1) is 26.2. The predicted octanol–water partition coefficient (Wildman–Crippen LogP) is 3.00. The van der Waals surface area contributed by atoms with Crippen LogP contribution in [0, 0.1) is 11.3 Å². The lowest BCUT2D eigenvalue weighted by atomic mass is 9.78. The van der Waals surface area contributed by atoms with Gasteiger partial charge in [0.1, 0.15) is 0 Å². The topological polar surface area (TPSA) is 83.0 Å². The number of hydrogen-bond acceptors (Lipinski definition) is 4. The Balaban J connectivity index is 0.00000341. The molecule has 2 N–H and O–H groups in total. The van der Waals surface area contributed by atoms with Crippen molar-refractivity contribution in [3.63, 3.8) is 0 Å². The summed E-state index contributed by atoms with van der Waals surface area (Å²) in [5, 5.41) is 6.52. The van der Waals surface area contributed by atoms with E-state index in [4.69, 9.17) is 4.74 Å². The van der Waals surface area contributed by atoms with Gasteiger partial charge in [0, 0.05) is 39.2 Å². The maximum absolute atomic E-state index is 12.8. The number of halogens is 1. The van der Waals surface area contributed by atoms with E-state index >= 15 is 0 Å². The molecule has 2 heterocycles. The van der Waals surface area contributed by atoms with Crippen molar-refractivity contribution in [1.29, 1.82) is 0 Å². The van der Waals surface area contributed by atoms with Gasteiger partial charge in [0.05, 0.1) is 17.5 Å². The van der Waals surface area contributed by atoms with Crippen LogP contribution < -0.4 is 14.9 Å². The summed E-state index contributed by atoms with van der Waals surface area (Å²) in [6, 6.07) is 7.71. The zero-order chi connectivity index (χ0) is 21.8. The number of fused-ring (bicyclic) bond motifs is 1. The molecular formula is C22H37IN4O3S. The van der Waals surface area contributed by atoms with Crippen LogP contribution in [0.5, 0.6) is 0 Å². The van der Waals surface area contributed by atoms with Crippen LogP contribution in [0.1, 0.15) is 39.2 Å². The summed E-state index contributed by atoms with van der Waals surface area (Å²) in [6.45, 7) is 9.05. The van der Waals surface area contributed by atoms with Crippen molar-refractivity contribution in [2.45, 2.75) is 46.1 Å². The van der Waals surface area contributed by atoms with Gasteiger partial charge in [-0.3, -0.25) is 9.30 Å². The fraction of sp³-hybridized carbons (Fsp3) is 0.682. The third kappa shape index (κ3) is 6.71. The number of sulfonamides is 1. The summed E-state index contributed by atoms with van der Waals surface area (Å²) in [5.41, 5.74) is 1.99. The lowest BCUT2D eigenvalue weighted by Gasteiger charge is -2.40. The monoisotopic (exact) mass is 564 g/mol. The van der Waals surface area contributed by atoms with Gasteiger partial charge in [-0.1, -0.05) is 39.0 Å². The number of guanidine groups is 1. The molecule has 1 fully saturated rings. The zero-order valence-electron chi connectivity index (χ0n) is 19.1. The molecular weight excluding hydrogens is 527 g/mol. The van der Waals surface area contributed by atoms with Crippen molar-refractivity contribution in [2.24, 2.45) is 16.3 Å². The molecule has 2 unspecified atom stereocenters. The average molecular weight is 565 g/mol. The molecule has 2 aliphatic rings. The number of rotatable bonds is 6. The second kappa shape index (κ2) is 11.2. The number of nitrogens with one attached hydrogen (secondary N) is 2. The van der Waals surface area contributed by atoms with Crippen LogP contribution in [0.15, 0.2) is 29.3 Å². The molecule has 176 valence electrons. The minimum atomic E-state index is -3.37. The molecule has 1 aromatic carbocycles.